The fraction of sp³-hybridized carbons (Fsp3) is 0.417. The van der Waals surface area contributed by atoms with Crippen LogP contribution in [0.2, 0.25) is 0 Å². The summed E-state index contributed by atoms with van der Waals surface area (Å²) in [4.78, 5) is 11.7. The molecule has 1 aromatic rings. The number of rotatable bonds is 3. The van der Waals surface area contributed by atoms with Gasteiger partial charge in [-0.15, -0.1) is 0 Å². The van der Waals surface area contributed by atoms with E-state index in [1.807, 2.05) is 0 Å². The first kappa shape index (κ1) is 14.9. The SMILES string of the molecule is Cc1c(C(=O)NC2CCOC2)cc(F)cc1S(N)(=O)=O. The Labute approximate surface area is 116 Å². The number of hydrogen-bond acceptors (Lipinski definition) is 4. The monoisotopic (exact) mass is 302 g/mol. The number of carbonyl (C=O) groups is 1. The van der Waals surface area contributed by atoms with Crippen LogP contribution in [-0.4, -0.2) is 33.6 Å². The van der Waals surface area contributed by atoms with Gasteiger partial charge >= 0.3 is 0 Å². The smallest absolute Gasteiger partial charge is 0.251 e. The van der Waals surface area contributed by atoms with E-state index in [4.69, 9.17) is 9.88 Å². The molecule has 0 saturated carbocycles. The van der Waals surface area contributed by atoms with E-state index < -0.39 is 21.7 Å². The van der Waals surface area contributed by atoms with Gasteiger partial charge in [-0.3, -0.25) is 4.79 Å². The van der Waals surface area contributed by atoms with Gasteiger partial charge in [0.05, 0.1) is 17.5 Å². The van der Waals surface area contributed by atoms with Gasteiger partial charge in [-0.25, -0.2) is 17.9 Å². The number of nitrogens with one attached hydrogen (secondary N) is 1. The van der Waals surface area contributed by atoms with Gasteiger partial charge in [-0.1, -0.05) is 0 Å². The zero-order valence-corrected chi connectivity index (χ0v) is 11.7. The number of hydrogen-bond donors (Lipinski definition) is 2. The number of halogens is 1. The van der Waals surface area contributed by atoms with E-state index in [1.54, 1.807) is 0 Å². The summed E-state index contributed by atoms with van der Waals surface area (Å²) in [6.45, 7) is 2.36. The van der Waals surface area contributed by atoms with Crippen molar-refractivity contribution in [3.05, 3.63) is 29.1 Å². The fourth-order valence-electron chi connectivity index (χ4n) is 2.10. The maximum atomic E-state index is 13.5. The van der Waals surface area contributed by atoms with Crippen LogP contribution in [0.25, 0.3) is 0 Å². The molecular weight excluding hydrogens is 287 g/mol. The Bertz CT molecular complexity index is 639. The number of amides is 1. The van der Waals surface area contributed by atoms with Gasteiger partial charge in [0.1, 0.15) is 5.82 Å². The summed E-state index contributed by atoms with van der Waals surface area (Å²) < 4.78 is 41.4. The molecule has 1 heterocycles. The number of sulfonamides is 1. The molecule has 110 valence electrons. The van der Waals surface area contributed by atoms with Crippen molar-refractivity contribution in [3.63, 3.8) is 0 Å². The van der Waals surface area contributed by atoms with E-state index >= 15 is 0 Å². The second-order valence-corrected chi connectivity index (χ2v) is 6.19. The molecule has 1 fully saturated rings. The Morgan fingerprint density at radius 3 is 2.75 bits per heavy atom. The van der Waals surface area contributed by atoms with Crippen molar-refractivity contribution in [1.82, 2.24) is 5.32 Å². The second kappa shape index (κ2) is 5.47. The van der Waals surface area contributed by atoms with Crippen LogP contribution in [0.15, 0.2) is 17.0 Å². The maximum absolute atomic E-state index is 13.5. The van der Waals surface area contributed by atoms with E-state index in [0.717, 1.165) is 12.1 Å². The zero-order chi connectivity index (χ0) is 14.9. The van der Waals surface area contributed by atoms with Crippen molar-refractivity contribution in [2.45, 2.75) is 24.3 Å². The highest BCUT2D eigenvalue weighted by molar-refractivity contribution is 7.89. The molecule has 6 nitrogen and oxygen atoms in total. The predicted octanol–water partition coefficient (Wildman–Crippen LogP) is 0.300. The van der Waals surface area contributed by atoms with Crippen LogP contribution in [0.1, 0.15) is 22.3 Å². The summed E-state index contributed by atoms with van der Waals surface area (Å²) in [5.74, 6) is -1.37. The highest BCUT2D eigenvalue weighted by Crippen LogP contribution is 2.20. The Hall–Kier alpha value is -1.51. The maximum Gasteiger partial charge on any atom is 0.251 e. The highest BCUT2D eigenvalue weighted by Gasteiger charge is 2.23. The standard InChI is InChI=1S/C12H15FN2O4S/c1-7-10(12(16)15-9-2-3-19-6-9)4-8(13)5-11(7)20(14,17)18/h4-5,9H,2-3,6H2,1H3,(H,15,16)(H2,14,17,18). The zero-order valence-electron chi connectivity index (χ0n) is 10.8. The summed E-state index contributed by atoms with van der Waals surface area (Å²) in [5.41, 5.74) is 0.0891. The first-order valence-electron chi connectivity index (χ1n) is 6.00. The first-order chi connectivity index (χ1) is 9.29. The van der Waals surface area contributed by atoms with Gasteiger partial charge in [0.15, 0.2) is 0 Å². The number of nitrogens with two attached hydrogens (primary N) is 1. The minimum absolute atomic E-state index is 0.0408. The fourth-order valence-corrected chi connectivity index (χ4v) is 2.91. The van der Waals surface area contributed by atoms with E-state index in [1.165, 1.54) is 6.92 Å². The molecule has 1 aliphatic heterocycles. The molecule has 1 aromatic carbocycles. The van der Waals surface area contributed by atoms with Crippen LogP contribution in [0.3, 0.4) is 0 Å². The molecule has 0 spiro atoms. The number of primary sulfonamides is 1. The molecule has 3 N–H and O–H groups in total. The van der Waals surface area contributed by atoms with Gasteiger partial charge < -0.3 is 10.1 Å². The average Bonchev–Trinajstić information content (AvgIpc) is 2.83. The lowest BCUT2D eigenvalue weighted by Gasteiger charge is -2.14. The minimum Gasteiger partial charge on any atom is -0.379 e. The van der Waals surface area contributed by atoms with E-state index in [2.05, 4.69) is 5.32 Å². The van der Waals surface area contributed by atoms with Crippen molar-refractivity contribution >= 4 is 15.9 Å². The van der Waals surface area contributed by atoms with Crippen LogP contribution >= 0.6 is 0 Å². The topological polar surface area (TPSA) is 98.5 Å². The van der Waals surface area contributed by atoms with Crippen LogP contribution < -0.4 is 10.5 Å². The number of carbonyl (C=O) groups excluding carboxylic acids is 1. The van der Waals surface area contributed by atoms with Gasteiger partial charge in [0, 0.05) is 12.2 Å². The molecule has 1 amide bonds. The van der Waals surface area contributed by atoms with E-state index in [9.17, 15) is 17.6 Å². The molecular formula is C12H15FN2O4S. The van der Waals surface area contributed by atoms with Crippen LogP contribution in [0, 0.1) is 12.7 Å². The Kier molecular flexibility index (Phi) is 4.07. The van der Waals surface area contributed by atoms with Gasteiger partial charge in [0.25, 0.3) is 5.91 Å². The quantitative estimate of drug-likeness (QED) is 0.839. The van der Waals surface area contributed by atoms with Crippen molar-refractivity contribution in [2.75, 3.05) is 13.2 Å². The van der Waals surface area contributed by atoms with Crippen molar-refractivity contribution < 1.29 is 22.3 Å². The molecule has 20 heavy (non-hydrogen) atoms. The van der Waals surface area contributed by atoms with Crippen molar-refractivity contribution in [3.8, 4) is 0 Å². The largest absolute Gasteiger partial charge is 0.379 e. The highest BCUT2D eigenvalue weighted by atomic mass is 32.2. The Morgan fingerprint density at radius 1 is 1.50 bits per heavy atom. The first-order valence-corrected chi connectivity index (χ1v) is 7.55. The lowest BCUT2D eigenvalue weighted by Crippen LogP contribution is -2.35. The lowest BCUT2D eigenvalue weighted by molar-refractivity contribution is 0.0928. The Balaban J connectivity index is 2.36. The molecule has 1 aliphatic rings. The van der Waals surface area contributed by atoms with E-state index in [-0.39, 0.29) is 22.1 Å². The summed E-state index contributed by atoms with van der Waals surface area (Å²) in [5, 5.41) is 7.69. The third kappa shape index (κ3) is 3.14. The molecule has 1 atom stereocenters. The summed E-state index contributed by atoms with van der Waals surface area (Å²) in [6, 6.07) is 1.65. The third-order valence-corrected chi connectivity index (χ3v) is 4.18. The molecule has 0 aromatic heterocycles. The molecule has 1 unspecified atom stereocenters. The van der Waals surface area contributed by atoms with Gasteiger partial charge in [-0.2, -0.15) is 0 Å². The van der Waals surface area contributed by atoms with Gasteiger partial charge in [0.2, 0.25) is 10.0 Å². The van der Waals surface area contributed by atoms with Gasteiger partial charge in [-0.05, 0) is 31.0 Å². The lowest BCUT2D eigenvalue weighted by atomic mass is 10.1. The number of benzene rings is 1. The molecule has 0 radical (unpaired) electrons. The van der Waals surface area contributed by atoms with Crippen LogP contribution in [-0.2, 0) is 14.8 Å². The third-order valence-electron chi connectivity index (χ3n) is 3.14. The van der Waals surface area contributed by atoms with Crippen molar-refractivity contribution in [1.29, 1.82) is 0 Å². The Morgan fingerprint density at radius 2 is 2.20 bits per heavy atom. The normalized spacial score (nSPS) is 19.1. The molecule has 8 heteroatoms. The van der Waals surface area contributed by atoms with Crippen molar-refractivity contribution in [2.24, 2.45) is 5.14 Å². The van der Waals surface area contributed by atoms with Crippen LogP contribution in [0.4, 0.5) is 4.39 Å². The average molecular weight is 302 g/mol. The minimum atomic E-state index is -4.08. The summed E-state index contributed by atoms with van der Waals surface area (Å²) in [7, 11) is -4.08. The predicted molar refractivity (Wildman–Crippen MR) is 69.2 cm³/mol. The molecule has 0 aliphatic carbocycles. The van der Waals surface area contributed by atoms with E-state index in [0.29, 0.717) is 19.6 Å². The molecule has 2 rings (SSSR count). The van der Waals surface area contributed by atoms with Crippen LogP contribution in [0.5, 0.6) is 0 Å². The second-order valence-electron chi connectivity index (χ2n) is 4.66. The molecule has 1 saturated heterocycles. The molecule has 0 bridgehead atoms. The summed E-state index contributed by atoms with van der Waals surface area (Å²) >= 11 is 0. The number of ether oxygens (including phenoxy) is 1. The summed E-state index contributed by atoms with van der Waals surface area (Å²) in [6.07, 6.45) is 0.669.